The van der Waals surface area contributed by atoms with E-state index in [-0.39, 0.29) is 16.4 Å². The van der Waals surface area contributed by atoms with E-state index in [9.17, 15) is 4.79 Å². The van der Waals surface area contributed by atoms with E-state index in [0.717, 1.165) is 5.56 Å². The van der Waals surface area contributed by atoms with Crippen LogP contribution in [0.3, 0.4) is 0 Å². The summed E-state index contributed by atoms with van der Waals surface area (Å²) in [5, 5.41) is 0.392. The molecule has 0 saturated carbocycles. The van der Waals surface area contributed by atoms with Gasteiger partial charge in [-0.1, -0.05) is 23.2 Å². The Labute approximate surface area is 108 Å². The van der Waals surface area contributed by atoms with E-state index < -0.39 is 0 Å². The molecular formula is C10H9Cl3N2O. The van der Waals surface area contributed by atoms with Crippen molar-refractivity contribution in [1.29, 1.82) is 0 Å². The van der Waals surface area contributed by atoms with Crippen LogP contribution in [-0.4, -0.2) is 22.8 Å². The van der Waals surface area contributed by atoms with Crippen LogP contribution >= 0.6 is 34.8 Å². The van der Waals surface area contributed by atoms with Crippen LogP contribution in [0.2, 0.25) is 10.3 Å². The van der Waals surface area contributed by atoms with Gasteiger partial charge in [0.15, 0.2) is 5.15 Å². The fourth-order valence-electron chi connectivity index (χ4n) is 1.79. The molecule has 1 amide bonds. The van der Waals surface area contributed by atoms with Gasteiger partial charge in [-0.2, -0.15) is 0 Å². The van der Waals surface area contributed by atoms with E-state index in [4.69, 9.17) is 34.8 Å². The molecule has 16 heavy (non-hydrogen) atoms. The summed E-state index contributed by atoms with van der Waals surface area (Å²) in [6.45, 7) is 2.30. The third kappa shape index (κ3) is 2.12. The highest BCUT2D eigenvalue weighted by Gasteiger charge is 2.31. The van der Waals surface area contributed by atoms with E-state index in [0.29, 0.717) is 23.8 Å². The maximum atomic E-state index is 11.7. The van der Waals surface area contributed by atoms with Gasteiger partial charge in [0.2, 0.25) is 5.91 Å². The molecule has 1 aromatic heterocycles. The van der Waals surface area contributed by atoms with Crippen molar-refractivity contribution in [3.05, 3.63) is 21.9 Å². The number of alkyl halides is 1. The minimum Gasteiger partial charge on any atom is -0.308 e. The largest absolute Gasteiger partial charge is 0.308 e. The van der Waals surface area contributed by atoms with E-state index in [1.165, 1.54) is 0 Å². The van der Waals surface area contributed by atoms with Gasteiger partial charge in [0.1, 0.15) is 5.15 Å². The van der Waals surface area contributed by atoms with Crippen LogP contribution in [0, 0.1) is 6.92 Å². The van der Waals surface area contributed by atoms with Gasteiger partial charge in [0, 0.05) is 13.0 Å². The number of aryl methyl sites for hydroxylation is 1. The maximum absolute atomic E-state index is 11.7. The predicted molar refractivity (Wildman–Crippen MR) is 65.6 cm³/mol. The lowest BCUT2D eigenvalue weighted by Gasteiger charge is -2.19. The van der Waals surface area contributed by atoms with Gasteiger partial charge in [-0.05, 0) is 18.6 Å². The Kier molecular flexibility index (Phi) is 3.29. The summed E-state index contributed by atoms with van der Waals surface area (Å²) < 4.78 is 0. The zero-order valence-corrected chi connectivity index (χ0v) is 10.8. The molecular weight excluding hydrogens is 270 g/mol. The first-order chi connectivity index (χ1) is 7.49. The molecule has 6 heteroatoms. The zero-order chi connectivity index (χ0) is 11.9. The monoisotopic (exact) mass is 278 g/mol. The summed E-state index contributed by atoms with van der Waals surface area (Å²) in [5.41, 5.74) is 1.43. The molecule has 86 valence electrons. The quantitative estimate of drug-likeness (QED) is 0.585. The lowest BCUT2D eigenvalue weighted by atomic mass is 10.2. The van der Waals surface area contributed by atoms with Crippen LogP contribution in [0.25, 0.3) is 0 Å². The number of hydrogen-bond donors (Lipinski definition) is 0. The number of pyridine rings is 1. The van der Waals surface area contributed by atoms with Crippen LogP contribution in [0.5, 0.6) is 0 Å². The molecule has 0 bridgehead atoms. The summed E-state index contributed by atoms with van der Waals surface area (Å²) in [6, 6.07) is 1.68. The minimum atomic E-state index is -0.168. The van der Waals surface area contributed by atoms with Gasteiger partial charge < -0.3 is 4.90 Å². The number of nitrogens with zero attached hydrogens (tertiary/aromatic N) is 2. The Morgan fingerprint density at radius 2 is 2.19 bits per heavy atom. The summed E-state index contributed by atoms with van der Waals surface area (Å²) in [6.07, 6.45) is 0.333. The van der Waals surface area contributed by atoms with Crippen LogP contribution in [0.1, 0.15) is 12.0 Å². The Morgan fingerprint density at radius 1 is 1.50 bits per heavy atom. The Morgan fingerprint density at radius 3 is 2.69 bits per heavy atom. The van der Waals surface area contributed by atoms with Crippen LogP contribution < -0.4 is 4.90 Å². The van der Waals surface area contributed by atoms with Gasteiger partial charge in [-0.15, -0.1) is 11.6 Å². The lowest BCUT2D eigenvalue weighted by Crippen LogP contribution is -2.26. The van der Waals surface area contributed by atoms with Crippen molar-refractivity contribution in [1.82, 2.24) is 4.98 Å². The van der Waals surface area contributed by atoms with Gasteiger partial charge in [0.25, 0.3) is 0 Å². The number of rotatable bonds is 1. The molecule has 1 unspecified atom stereocenters. The Balaban J connectivity index is 2.44. The molecule has 2 heterocycles. The molecule has 0 spiro atoms. The van der Waals surface area contributed by atoms with E-state index in [1.807, 2.05) is 6.92 Å². The normalized spacial score (nSPS) is 20.6. The van der Waals surface area contributed by atoms with E-state index >= 15 is 0 Å². The summed E-state index contributed by atoms with van der Waals surface area (Å²) in [7, 11) is 0. The molecule has 0 N–H and O–H groups in total. The average Bonchev–Trinajstić information content (AvgIpc) is 2.43. The first-order valence-electron chi connectivity index (χ1n) is 4.76. The number of carbonyl (C=O) groups is 1. The van der Waals surface area contributed by atoms with Crippen molar-refractivity contribution in [3.63, 3.8) is 0 Å². The van der Waals surface area contributed by atoms with Crippen molar-refractivity contribution in [2.45, 2.75) is 18.7 Å². The molecule has 0 aliphatic carbocycles. The molecule has 2 rings (SSSR count). The average molecular weight is 280 g/mol. The predicted octanol–water partition coefficient (Wildman–Crippen LogP) is 3.04. The molecule has 1 aliphatic heterocycles. The second-order valence-electron chi connectivity index (χ2n) is 3.71. The maximum Gasteiger partial charge on any atom is 0.228 e. The third-order valence-corrected chi connectivity index (χ3v) is 3.21. The van der Waals surface area contributed by atoms with Crippen LogP contribution in [0.4, 0.5) is 5.69 Å². The lowest BCUT2D eigenvalue weighted by molar-refractivity contribution is -0.117. The van der Waals surface area contributed by atoms with Crippen molar-refractivity contribution >= 4 is 46.4 Å². The number of anilines is 1. The summed E-state index contributed by atoms with van der Waals surface area (Å²) in [4.78, 5) is 17.2. The molecule has 0 radical (unpaired) electrons. The van der Waals surface area contributed by atoms with E-state index in [1.54, 1.807) is 11.0 Å². The van der Waals surface area contributed by atoms with Gasteiger partial charge >= 0.3 is 0 Å². The Hall–Kier alpha value is -0.510. The number of halogens is 3. The number of hydrogen-bond acceptors (Lipinski definition) is 2. The molecule has 3 nitrogen and oxygen atoms in total. The molecule has 1 aromatic rings. The fraction of sp³-hybridized carbons (Fsp3) is 0.400. The van der Waals surface area contributed by atoms with Crippen molar-refractivity contribution < 1.29 is 4.79 Å². The minimum absolute atomic E-state index is 0.0332. The smallest absolute Gasteiger partial charge is 0.228 e. The highest BCUT2D eigenvalue weighted by Crippen LogP contribution is 2.33. The van der Waals surface area contributed by atoms with Crippen molar-refractivity contribution in [2.75, 3.05) is 11.4 Å². The molecule has 1 saturated heterocycles. The van der Waals surface area contributed by atoms with Gasteiger partial charge in [-0.25, -0.2) is 4.98 Å². The van der Waals surface area contributed by atoms with Crippen LogP contribution in [0.15, 0.2) is 6.07 Å². The third-order valence-electron chi connectivity index (χ3n) is 2.46. The topological polar surface area (TPSA) is 33.2 Å². The summed E-state index contributed by atoms with van der Waals surface area (Å²) in [5.74, 6) is -0.0332. The van der Waals surface area contributed by atoms with Gasteiger partial charge in [-0.3, -0.25) is 4.79 Å². The molecule has 1 aliphatic rings. The SMILES string of the molecule is Cc1cc(Cl)nc(Cl)c1N1CC(Cl)CC1=O. The standard InChI is InChI=1S/C10H9Cl3N2O/c1-5-2-7(12)14-10(13)9(5)15-4-6(11)3-8(15)16/h2,6H,3-4H2,1H3. The number of amides is 1. The fourth-order valence-corrected chi connectivity index (χ4v) is 2.70. The first-order valence-corrected chi connectivity index (χ1v) is 5.95. The highest BCUT2D eigenvalue weighted by molar-refractivity contribution is 6.35. The van der Waals surface area contributed by atoms with Crippen LogP contribution in [-0.2, 0) is 4.79 Å². The highest BCUT2D eigenvalue weighted by atomic mass is 35.5. The zero-order valence-electron chi connectivity index (χ0n) is 8.51. The molecule has 0 aromatic carbocycles. The van der Waals surface area contributed by atoms with Crippen molar-refractivity contribution in [3.8, 4) is 0 Å². The summed E-state index contributed by atoms with van der Waals surface area (Å²) >= 11 is 17.7. The second-order valence-corrected chi connectivity index (χ2v) is 5.07. The van der Waals surface area contributed by atoms with Crippen molar-refractivity contribution in [2.24, 2.45) is 0 Å². The first kappa shape index (κ1) is 12.0. The van der Waals surface area contributed by atoms with Gasteiger partial charge in [0.05, 0.1) is 11.1 Å². The number of carbonyl (C=O) groups excluding carboxylic acids is 1. The molecule has 1 atom stereocenters. The number of aromatic nitrogens is 1. The molecule has 1 fully saturated rings. The second kappa shape index (κ2) is 4.40. The van der Waals surface area contributed by atoms with E-state index in [2.05, 4.69) is 4.98 Å². The Bertz CT molecular complexity index is 427.